The molecule has 0 aromatic rings. The number of allylic oxidation sites excluding steroid dienone is 2. The fraction of sp³-hybridized carbons (Fsp3) is 0.867. The van der Waals surface area contributed by atoms with Crippen molar-refractivity contribution in [2.24, 2.45) is 11.8 Å². The van der Waals surface area contributed by atoms with E-state index in [0.717, 1.165) is 32.1 Å². The summed E-state index contributed by atoms with van der Waals surface area (Å²) >= 11 is 0. The Bertz CT molecular complexity index is 247. The maximum absolute atomic E-state index is 14.1. The summed E-state index contributed by atoms with van der Waals surface area (Å²) in [5, 5.41) is 0. The van der Waals surface area contributed by atoms with Crippen molar-refractivity contribution in [3.05, 3.63) is 11.6 Å². The zero-order valence-electron chi connectivity index (χ0n) is 11.4. The molecule has 4 atom stereocenters. The van der Waals surface area contributed by atoms with E-state index in [1.165, 1.54) is 5.57 Å². The third-order valence-electron chi connectivity index (χ3n) is 3.90. The van der Waals surface area contributed by atoms with Crippen LogP contribution in [0.4, 0.5) is 8.78 Å². The molecule has 4 unspecified atom stereocenters. The van der Waals surface area contributed by atoms with E-state index in [4.69, 9.17) is 0 Å². The molecule has 0 heterocycles. The van der Waals surface area contributed by atoms with Gasteiger partial charge in [-0.3, -0.25) is 0 Å². The first-order chi connectivity index (χ1) is 8.10. The molecule has 0 N–H and O–H groups in total. The minimum absolute atomic E-state index is 0.178. The van der Waals surface area contributed by atoms with Gasteiger partial charge < -0.3 is 0 Å². The fourth-order valence-electron chi connectivity index (χ4n) is 2.66. The molecule has 0 saturated carbocycles. The van der Waals surface area contributed by atoms with E-state index in [-0.39, 0.29) is 12.3 Å². The van der Waals surface area contributed by atoms with Crippen LogP contribution in [0.1, 0.15) is 59.3 Å². The average molecular weight is 244 g/mol. The van der Waals surface area contributed by atoms with Crippen LogP contribution < -0.4 is 0 Å². The maximum Gasteiger partial charge on any atom is 0.138 e. The summed E-state index contributed by atoms with van der Waals surface area (Å²) in [6.07, 6.45) is 4.67. The number of rotatable bonds is 6. The summed E-state index contributed by atoms with van der Waals surface area (Å²) in [6, 6.07) is 0. The Kier molecular flexibility index (Phi) is 6.15. The van der Waals surface area contributed by atoms with Gasteiger partial charge in [-0.15, -0.1) is 0 Å². The largest absolute Gasteiger partial charge is 0.244 e. The highest BCUT2D eigenvalue weighted by Gasteiger charge is 2.31. The Hall–Kier alpha value is -0.400. The standard InChI is InChI=1S/C15H26F2/c1-4-6-13(15(17)14(16)5-2)12-9-7-11(3)8-10-12/h9,11,13-15H,4-8,10H2,1-3H3. The zero-order chi connectivity index (χ0) is 12.8. The van der Waals surface area contributed by atoms with Gasteiger partial charge in [0.15, 0.2) is 0 Å². The van der Waals surface area contributed by atoms with Gasteiger partial charge in [0.2, 0.25) is 0 Å². The lowest BCUT2D eigenvalue weighted by Gasteiger charge is -2.29. The number of halogens is 2. The second kappa shape index (κ2) is 7.13. The Balaban J connectivity index is 2.71. The molecule has 1 aliphatic rings. The summed E-state index contributed by atoms with van der Waals surface area (Å²) < 4.78 is 27.6. The smallest absolute Gasteiger partial charge is 0.138 e. The molecule has 0 aromatic heterocycles. The predicted octanol–water partition coefficient (Wildman–Crippen LogP) is 5.24. The molecule has 2 heteroatoms. The molecule has 0 fully saturated rings. The van der Waals surface area contributed by atoms with Crippen LogP contribution in [-0.2, 0) is 0 Å². The van der Waals surface area contributed by atoms with Gasteiger partial charge >= 0.3 is 0 Å². The van der Waals surface area contributed by atoms with Gasteiger partial charge in [0, 0.05) is 5.92 Å². The molecular formula is C15H26F2. The Morgan fingerprint density at radius 3 is 2.53 bits per heavy atom. The Morgan fingerprint density at radius 2 is 2.06 bits per heavy atom. The van der Waals surface area contributed by atoms with Crippen molar-refractivity contribution in [3.8, 4) is 0 Å². The minimum Gasteiger partial charge on any atom is -0.244 e. The van der Waals surface area contributed by atoms with Crippen LogP contribution in [0.3, 0.4) is 0 Å². The minimum atomic E-state index is -1.31. The predicted molar refractivity (Wildman–Crippen MR) is 69.6 cm³/mol. The molecule has 0 aliphatic heterocycles. The van der Waals surface area contributed by atoms with Gasteiger partial charge in [-0.1, -0.05) is 38.8 Å². The van der Waals surface area contributed by atoms with E-state index < -0.39 is 12.3 Å². The average Bonchev–Trinajstić information content (AvgIpc) is 2.35. The van der Waals surface area contributed by atoms with Gasteiger partial charge in [-0.25, -0.2) is 8.78 Å². The lowest BCUT2D eigenvalue weighted by atomic mass is 9.79. The summed E-state index contributed by atoms with van der Waals surface area (Å²) in [4.78, 5) is 0. The highest BCUT2D eigenvalue weighted by atomic mass is 19.2. The molecule has 0 amide bonds. The van der Waals surface area contributed by atoms with Crippen molar-refractivity contribution in [2.45, 2.75) is 71.6 Å². The van der Waals surface area contributed by atoms with Crippen molar-refractivity contribution in [1.29, 1.82) is 0 Å². The molecule has 1 aliphatic carbocycles. The number of hydrogen-bond acceptors (Lipinski definition) is 0. The molecule has 0 nitrogen and oxygen atoms in total. The fourth-order valence-corrected chi connectivity index (χ4v) is 2.66. The normalized spacial score (nSPS) is 26.2. The lowest BCUT2D eigenvalue weighted by molar-refractivity contribution is 0.114. The topological polar surface area (TPSA) is 0 Å². The first-order valence-corrected chi connectivity index (χ1v) is 7.07. The summed E-state index contributed by atoms with van der Waals surface area (Å²) in [5.74, 6) is 0.522. The van der Waals surface area contributed by atoms with Crippen LogP contribution in [0.5, 0.6) is 0 Å². The molecule has 0 saturated heterocycles. The van der Waals surface area contributed by atoms with Crippen LogP contribution >= 0.6 is 0 Å². The maximum atomic E-state index is 14.1. The quantitative estimate of drug-likeness (QED) is 0.561. The van der Waals surface area contributed by atoms with Crippen molar-refractivity contribution in [3.63, 3.8) is 0 Å². The molecule has 0 radical (unpaired) electrons. The summed E-state index contributed by atoms with van der Waals surface area (Å²) in [7, 11) is 0. The van der Waals surface area contributed by atoms with Crippen LogP contribution in [0.25, 0.3) is 0 Å². The van der Waals surface area contributed by atoms with Crippen LogP contribution in [0.15, 0.2) is 11.6 Å². The van der Waals surface area contributed by atoms with Gasteiger partial charge in [-0.2, -0.15) is 0 Å². The summed E-state index contributed by atoms with van der Waals surface area (Å²) in [5.41, 5.74) is 1.17. The number of alkyl halides is 2. The van der Waals surface area contributed by atoms with Gasteiger partial charge in [0.05, 0.1) is 0 Å². The molecule has 0 spiro atoms. The Morgan fingerprint density at radius 1 is 1.35 bits per heavy atom. The molecule has 0 aromatic carbocycles. The van der Waals surface area contributed by atoms with Gasteiger partial charge in [-0.05, 0) is 38.0 Å². The van der Waals surface area contributed by atoms with Crippen LogP contribution in [-0.4, -0.2) is 12.3 Å². The third-order valence-corrected chi connectivity index (χ3v) is 3.90. The van der Waals surface area contributed by atoms with Crippen molar-refractivity contribution in [1.82, 2.24) is 0 Å². The monoisotopic (exact) mass is 244 g/mol. The van der Waals surface area contributed by atoms with E-state index in [1.54, 1.807) is 6.92 Å². The van der Waals surface area contributed by atoms with E-state index in [0.29, 0.717) is 5.92 Å². The zero-order valence-corrected chi connectivity index (χ0v) is 11.4. The van der Waals surface area contributed by atoms with E-state index in [2.05, 4.69) is 13.0 Å². The van der Waals surface area contributed by atoms with Crippen LogP contribution in [0.2, 0.25) is 0 Å². The van der Waals surface area contributed by atoms with Crippen LogP contribution in [0, 0.1) is 11.8 Å². The van der Waals surface area contributed by atoms with E-state index in [1.807, 2.05) is 6.92 Å². The molecule has 100 valence electrons. The van der Waals surface area contributed by atoms with Crippen molar-refractivity contribution in [2.75, 3.05) is 0 Å². The molecule has 0 bridgehead atoms. The first-order valence-electron chi connectivity index (χ1n) is 7.07. The highest BCUT2D eigenvalue weighted by molar-refractivity contribution is 5.12. The molecule has 17 heavy (non-hydrogen) atoms. The van der Waals surface area contributed by atoms with E-state index in [9.17, 15) is 8.78 Å². The van der Waals surface area contributed by atoms with Gasteiger partial charge in [0.1, 0.15) is 12.3 Å². The molecular weight excluding hydrogens is 218 g/mol. The molecule has 1 rings (SSSR count). The summed E-state index contributed by atoms with van der Waals surface area (Å²) in [6.45, 7) is 5.99. The third kappa shape index (κ3) is 4.08. The Labute approximate surface area is 104 Å². The van der Waals surface area contributed by atoms with Crippen molar-refractivity contribution < 1.29 is 8.78 Å². The van der Waals surface area contributed by atoms with Gasteiger partial charge in [0.25, 0.3) is 0 Å². The second-order valence-electron chi connectivity index (χ2n) is 5.42. The lowest BCUT2D eigenvalue weighted by Crippen LogP contribution is -2.28. The second-order valence-corrected chi connectivity index (χ2v) is 5.42. The highest BCUT2D eigenvalue weighted by Crippen LogP contribution is 2.35. The van der Waals surface area contributed by atoms with E-state index >= 15 is 0 Å². The SMILES string of the molecule is CCCC(C1=CCC(C)CC1)C(F)C(F)CC. The van der Waals surface area contributed by atoms with Crippen molar-refractivity contribution >= 4 is 0 Å². The first kappa shape index (κ1) is 14.7. The number of hydrogen-bond donors (Lipinski definition) is 0.